The van der Waals surface area contributed by atoms with Gasteiger partial charge in [-0.1, -0.05) is 18.2 Å². The number of fused-ring (bicyclic) bond motifs is 1. The van der Waals surface area contributed by atoms with Gasteiger partial charge in [0.25, 0.3) is 0 Å². The summed E-state index contributed by atoms with van der Waals surface area (Å²) < 4.78 is 0. The molecule has 1 heterocycles. The van der Waals surface area contributed by atoms with Crippen LogP contribution in [0.3, 0.4) is 0 Å². The van der Waals surface area contributed by atoms with Crippen molar-refractivity contribution in [2.45, 2.75) is 25.3 Å². The van der Waals surface area contributed by atoms with Gasteiger partial charge in [0.05, 0.1) is 6.54 Å². The zero-order valence-corrected chi connectivity index (χ0v) is 9.28. The number of para-hydroxylation sites is 1. The van der Waals surface area contributed by atoms with Crippen molar-refractivity contribution in [3.8, 4) is 0 Å². The fraction of sp³-hybridized carbons (Fsp3) is 0.462. The maximum absolute atomic E-state index is 12.0. The zero-order chi connectivity index (χ0) is 11.0. The van der Waals surface area contributed by atoms with Crippen LogP contribution in [0.2, 0.25) is 0 Å². The number of carbonyl (C=O) groups excluding carboxylic acids is 1. The van der Waals surface area contributed by atoms with Gasteiger partial charge in [-0.2, -0.15) is 0 Å². The van der Waals surface area contributed by atoms with Crippen LogP contribution in [0.15, 0.2) is 24.3 Å². The third kappa shape index (κ3) is 1.83. The molecule has 2 aliphatic rings. The molecule has 1 N–H and O–H groups in total. The molecule has 0 saturated heterocycles. The van der Waals surface area contributed by atoms with E-state index >= 15 is 0 Å². The van der Waals surface area contributed by atoms with Crippen LogP contribution in [0.25, 0.3) is 0 Å². The molecule has 0 radical (unpaired) electrons. The van der Waals surface area contributed by atoms with E-state index in [1.165, 1.54) is 18.4 Å². The number of rotatable bonds is 3. The van der Waals surface area contributed by atoms with E-state index in [1.807, 2.05) is 23.1 Å². The lowest BCUT2D eigenvalue weighted by Gasteiger charge is -2.17. The average molecular weight is 216 g/mol. The predicted molar refractivity (Wildman–Crippen MR) is 63.5 cm³/mol. The van der Waals surface area contributed by atoms with Crippen LogP contribution in [0.4, 0.5) is 5.69 Å². The second kappa shape index (κ2) is 3.91. The lowest BCUT2D eigenvalue weighted by Crippen LogP contribution is -2.37. The van der Waals surface area contributed by atoms with Gasteiger partial charge in [-0.25, -0.2) is 0 Å². The van der Waals surface area contributed by atoms with Crippen LogP contribution in [-0.2, 0) is 11.2 Å². The van der Waals surface area contributed by atoms with Crippen molar-refractivity contribution in [3.05, 3.63) is 29.8 Å². The smallest absolute Gasteiger partial charge is 0.240 e. The van der Waals surface area contributed by atoms with Gasteiger partial charge >= 0.3 is 0 Å². The van der Waals surface area contributed by atoms with Crippen molar-refractivity contribution in [1.82, 2.24) is 5.32 Å². The number of hydrogen-bond donors (Lipinski definition) is 1. The number of nitrogens with one attached hydrogen (secondary N) is 1. The molecule has 0 unspecified atom stereocenters. The van der Waals surface area contributed by atoms with E-state index in [0.29, 0.717) is 12.6 Å². The lowest BCUT2D eigenvalue weighted by atomic mass is 10.2. The van der Waals surface area contributed by atoms with Gasteiger partial charge in [0.15, 0.2) is 0 Å². The molecule has 1 aliphatic carbocycles. The van der Waals surface area contributed by atoms with Gasteiger partial charge in [-0.05, 0) is 30.9 Å². The van der Waals surface area contributed by atoms with Gasteiger partial charge in [-0.15, -0.1) is 0 Å². The first-order valence-electron chi connectivity index (χ1n) is 5.96. The number of amides is 1. The first-order valence-corrected chi connectivity index (χ1v) is 5.96. The fourth-order valence-electron chi connectivity index (χ4n) is 2.21. The van der Waals surface area contributed by atoms with E-state index in [0.717, 1.165) is 18.7 Å². The van der Waals surface area contributed by atoms with Crippen molar-refractivity contribution < 1.29 is 4.79 Å². The quantitative estimate of drug-likeness (QED) is 0.826. The summed E-state index contributed by atoms with van der Waals surface area (Å²) >= 11 is 0. The van der Waals surface area contributed by atoms with Crippen LogP contribution in [-0.4, -0.2) is 25.0 Å². The summed E-state index contributed by atoms with van der Waals surface area (Å²) in [5.74, 6) is 0.205. The highest BCUT2D eigenvalue weighted by molar-refractivity contribution is 5.96. The van der Waals surface area contributed by atoms with Gasteiger partial charge in [0.1, 0.15) is 0 Å². The Labute approximate surface area is 95.4 Å². The van der Waals surface area contributed by atoms with Gasteiger partial charge < -0.3 is 10.2 Å². The summed E-state index contributed by atoms with van der Waals surface area (Å²) in [7, 11) is 0. The van der Waals surface area contributed by atoms with Crippen molar-refractivity contribution >= 4 is 11.6 Å². The molecule has 1 aliphatic heterocycles. The van der Waals surface area contributed by atoms with E-state index in [4.69, 9.17) is 0 Å². The van der Waals surface area contributed by atoms with Crippen molar-refractivity contribution in [3.63, 3.8) is 0 Å². The maximum atomic E-state index is 12.0. The maximum Gasteiger partial charge on any atom is 0.240 e. The lowest BCUT2D eigenvalue weighted by molar-refractivity contribution is -0.117. The fourth-order valence-corrected chi connectivity index (χ4v) is 2.21. The summed E-state index contributed by atoms with van der Waals surface area (Å²) in [6.45, 7) is 1.32. The van der Waals surface area contributed by atoms with Crippen LogP contribution < -0.4 is 10.2 Å². The first-order chi connectivity index (χ1) is 7.84. The number of carbonyl (C=O) groups is 1. The third-order valence-corrected chi connectivity index (χ3v) is 3.31. The normalized spacial score (nSPS) is 18.6. The Morgan fingerprint density at radius 3 is 3.00 bits per heavy atom. The molecule has 3 heteroatoms. The highest BCUT2D eigenvalue weighted by Crippen LogP contribution is 2.27. The molecule has 1 aromatic carbocycles. The highest BCUT2D eigenvalue weighted by atomic mass is 16.2. The van der Waals surface area contributed by atoms with Crippen LogP contribution in [0.1, 0.15) is 18.4 Å². The van der Waals surface area contributed by atoms with E-state index < -0.39 is 0 Å². The van der Waals surface area contributed by atoms with Crippen molar-refractivity contribution in [2.75, 3.05) is 18.0 Å². The third-order valence-electron chi connectivity index (χ3n) is 3.31. The van der Waals surface area contributed by atoms with Gasteiger partial charge in [-0.3, -0.25) is 4.79 Å². The van der Waals surface area contributed by atoms with Crippen LogP contribution >= 0.6 is 0 Å². The Bertz CT molecular complexity index is 412. The average Bonchev–Trinajstić information content (AvgIpc) is 3.04. The topological polar surface area (TPSA) is 32.3 Å². The summed E-state index contributed by atoms with van der Waals surface area (Å²) in [5.41, 5.74) is 2.40. The highest BCUT2D eigenvalue weighted by Gasteiger charge is 2.26. The number of nitrogens with zero attached hydrogens (tertiary/aromatic N) is 1. The Kier molecular flexibility index (Phi) is 2.40. The first kappa shape index (κ1) is 9.85. The standard InChI is InChI=1S/C13H16N2O/c16-13(9-14-11-5-6-11)15-8-7-10-3-1-2-4-12(10)15/h1-4,11,14H,5-9H2. The second-order valence-electron chi connectivity index (χ2n) is 4.58. The molecule has 1 fully saturated rings. The second-order valence-corrected chi connectivity index (χ2v) is 4.58. The summed E-state index contributed by atoms with van der Waals surface area (Å²) in [6.07, 6.45) is 3.44. The van der Waals surface area contributed by atoms with E-state index in [1.54, 1.807) is 0 Å². The van der Waals surface area contributed by atoms with Crippen LogP contribution in [0, 0.1) is 0 Å². The van der Waals surface area contributed by atoms with E-state index in [2.05, 4.69) is 11.4 Å². The minimum Gasteiger partial charge on any atom is -0.311 e. The molecular formula is C13H16N2O. The molecule has 1 aromatic rings. The van der Waals surface area contributed by atoms with Crippen LogP contribution in [0.5, 0.6) is 0 Å². The van der Waals surface area contributed by atoms with E-state index in [-0.39, 0.29) is 5.91 Å². The number of hydrogen-bond acceptors (Lipinski definition) is 2. The van der Waals surface area contributed by atoms with Crippen molar-refractivity contribution in [1.29, 1.82) is 0 Å². The molecule has 0 atom stereocenters. The Morgan fingerprint density at radius 1 is 1.38 bits per heavy atom. The molecule has 0 aromatic heterocycles. The van der Waals surface area contributed by atoms with Gasteiger partial charge in [0, 0.05) is 18.3 Å². The summed E-state index contributed by atoms with van der Waals surface area (Å²) in [6, 6.07) is 8.78. The number of anilines is 1. The predicted octanol–water partition coefficient (Wildman–Crippen LogP) is 1.33. The molecule has 0 spiro atoms. The summed E-state index contributed by atoms with van der Waals surface area (Å²) in [4.78, 5) is 13.9. The molecular weight excluding hydrogens is 200 g/mol. The molecule has 1 amide bonds. The van der Waals surface area contributed by atoms with E-state index in [9.17, 15) is 4.79 Å². The number of benzene rings is 1. The Morgan fingerprint density at radius 2 is 2.19 bits per heavy atom. The molecule has 3 nitrogen and oxygen atoms in total. The Balaban J connectivity index is 1.68. The largest absolute Gasteiger partial charge is 0.311 e. The zero-order valence-electron chi connectivity index (χ0n) is 9.28. The van der Waals surface area contributed by atoms with Crippen molar-refractivity contribution in [2.24, 2.45) is 0 Å². The summed E-state index contributed by atoms with van der Waals surface area (Å²) in [5, 5.41) is 3.27. The minimum atomic E-state index is 0.205. The Hall–Kier alpha value is -1.35. The molecule has 3 rings (SSSR count). The molecule has 1 saturated carbocycles. The molecule has 84 valence electrons. The van der Waals surface area contributed by atoms with Gasteiger partial charge in [0.2, 0.25) is 5.91 Å². The monoisotopic (exact) mass is 216 g/mol. The minimum absolute atomic E-state index is 0.205. The SMILES string of the molecule is O=C(CNC1CC1)N1CCc2ccccc21. The molecule has 16 heavy (non-hydrogen) atoms. The molecule has 0 bridgehead atoms.